The Morgan fingerprint density at radius 1 is 1.04 bits per heavy atom. The SMILES string of the molecule is Cc1c(C)c(C(=O)N[C@H](C)c2ccccc2)n(Cc2ccc(F)cc2F)c1C. The zero-order valence-electron chi connectivity index (χ0n) is 16.5. The van der Waals surface area contributed by atoms with Crippen LogP contribution in [-0.2, 0) is 6.54 Å². The quantitative estimate of drug-likeness (QED) is 0.644. The van der Waals surface area contributed by atoms with Gasteiger partial charge in [-0.1, -0.05) is 36.4 Å². The van der Waals surface area contributed by atoms with E-state index in [-0.39, 0.29) is 18.5 Å². The van der Waals surface area contributed by atoms with Gasteiger partial charge in [-0.25, -0.2) is 8.78 Å². The topological polar surface area (TPSA) is 34.0 Å². The van der Waals surface area contributed by atoms with E-state index in [9.17, 15) is 13.6 Å². The molecule has 1 amide bonds. The summed E-state index contributed by atoms with van der Waals surface area (Å²) in [6.45, 7) is 7.83. The van der Waals surface area contributed by atoms with Crippen molar-refractivity contribution in [2.24, 2.45) is 0 Å². The normalized spacial score (nSPS) is 12.1. The standard InChI is InChI=1S/C23H24F2N2O/c1-14-15(2)22(23(28)26-16(3)18-8-6-5-7-9-18)27(17(14)4)13-19-10-11-20(24)12-21(19)25/h5-12,16H,13H2,1-4H3,(H,26,28)/t16-/m1/s1. The van der Waals surface area contributed by atoms with Crippen LogP contribution in [0.2, 0.25) is 0 Å². The lowest BCUT2D eigenvalue weighted by Crippen LogP contribution is -2.29. The minimum Gasteiger partial charge on any atom is -0.344 e. The van der Waals surface area contributed by atoms with Crippen molar-refractivity contribution in [2.45, 2.75) is 40.3 Å². The van der Waals surface area contributed by atoms with Crippen LogP contribution in [-0.4, -0.2) is 10.5 Å². The molecular formula is C23H24F2N2O. The average molecular weight is 382 g/mol. The number of carbonyl (C=O) groups excluding carboxylic acids is 1. The molecule has 0 aliphatic heterocycles. The molecule has 5 heteroatoms. The van der Waals surface area contributed by atoms with Crippen molar-refractivity contribution in [1.29, 1.82) is 0 Å². The number of hydrogen-bond acceptors (Lipinski definition) is 1. The van der Waals surface area contributed by atoms with Gasteiger partial charge >= 0.3 is 0 Å². The minimum atomic E-state index is -0.618. The van der Waals surface area contributed by atoms with E-state index in [2.05, 4.69) is 5.32 Å². The smallest absolute Gasteiger partial charge is 0.268 e. The van der Waals surface area contributed by atoms with Gasteiger partial charge in [-0.05, 0) is 50.5 Å². The Morgan fingerprint density at radius 3 is 2.36 bits per heavy atom. The molecule has 3 rings (SSSR count). The molecule has 0 radical (unpaired) electrons. The number of rotatable bonds is 5. The van der Waals surface area contributed by atoms with Crippen LogP contribution in [0.1, 0.15) is 51.4 Å². The highest BCUT2D eigenvalue weighted by Crippen LogP contribution is 2.24. The first kappa shape index (κ1) is 19.8. The maximum atomic E-state index is 14.2. The summed E-state index contributed by atoms with van der Waals surface area (Å²) in [5.41, 5.74) is 4.58. The van der Waals surface area contributed by atoms with Crippen LogP contribution in [0.3, 0.4) is 0 Å². The van der Waals surface area contributed by atoms with Crippen LogP contribution in [0.25, 0.3) is 0 Å². The molecule has 28 heavy (non-hydrogen) atoms. The maximum absolute atomic E-state index is 14.2. The Labute approximate surface area is 164 Å². The summed E-state index contributed by atoms with van der Waals surface area (Å²) in [6.07, 6.45) is 0. The maximum Gasteiger partial charge on any atom is 0.268 e. The number of amides is 1. The molecule has 0 aliphatic carbocycles. The van der Waals surface area contributed by atoms with Crippen molar-refractivity contribution in [2.75, 3.05) is 0 Å². The summed E-state index contributed by atoms with van der Waals surface area (Å²) in [4.78, 5) is 13.1. The van der Waals surface area contributed by atoms with Gasteiger partial charge in [0.2, 0.25) is 0 Å². The molecule has 1 heterocycles. The number of aromatic nitrogens is 1. The van der Waals surface area contributed by atoms with Crippen molar-refractivity contribution in [3.05, 3.63) is 93.8 Å². The number of halogens is 2. The van der Waals surface area contributed by atoms with Crippen molar-refractivity contribution in [3.63, 3.8) is 0 Å². The Bertz CT molecular complexity index is 1010. The molecular weight excluding hydrogens is 358 g/mol. The van der Waals surface area contributed by atoms with Crippen LogP contribution in [0.5, 0.6) is 0 Å². The van der Waals surface area contributed by atoms with Gasteiger partial charge in [0.05, 0.1) is 12.6 Å². The first-order chi connectivity index (χ1) is 13.3. The van der Waals surface area contributed by atoms with Crippen LogP contribution in [0, 0.1) is 32.4 Å². The fourth-order valence-corrected chi connectivity index (χ4v) is 3.42. The zero-order chi connectivity index (χ0) is 20.4. The first-order valence-corrected chi connectivity index (χ1v) is 9.25. The molecule has 0 fully saturated rings. The molecule has 146 valence electrons. The van der Waals surface area contributed by atoms with Gasteiger partial charge in [0, 0.05) is 17.3 Å². The Balaban J connectivity index is 1.94. The van der Waals surface area contributed by atoms with E-state index in [1.165, 1.54) is 12.1 Å². The number of carbonyl (C=O) groups is 1. The summed E-state index contributed by atoms with van der Waals surface area (Å²) in [7, 11) is 0. The van der Waals surface area contributed by atoms with E-state index >= 15 is 0 Å². The highest BCUT2D eigenvalue weighted by atomic mass is 19.1. The molecule has 1 N–H and O–H groups in total. The lowest BCUT2D eigenvalue weighted by molar-refractivity contribution is 0.0930. The van der Waals surface area contributed by atoms with Gasteiger partial charge in [0.25, 0.3) is 5.91 Å². The van der Waals surface area contributed by atoms with Crippen LogP contribution < -0.4 is 5.32 Å². The zero-order valence-corrected chi connectivity index (χ0v) is 16.5. The average Bonchev–Trinajstić information content (AvgIpc) is 2.88. The Morgan fingerprint density at radius 2 is 1.71 bits per heavy atom. The fraction of sp³-hybridized carbons (Fsp3) is 0.261. The van der Waals surface area contributed by atoms with Gasteiger partial charge in [-0.15, -0.1) is 0 Å². The van der Waals surface area contributed by atoms with Crippen molar-refractivity contribution in [1.82, 2.24) is 9.88 Å². The van der Waals surface area contributed by atoms with Crippen LogP contribution in [0.4, 0.5) is 8.78 Å². The second kappa shape index (κ2) is 7.97. The predicted molar refractivity (Wildman–Crippen MR) is 106 cm³/mol. The lowest BCUT2D eigenvalue weighted by Gasteiger charge is -2.17. The fourth-order valence-electron chi connectivity index (χ4n) is 3.42. The second-order valence-corrected chi connectivity index (χ2v) is 7.11. The monoisotopic (exact) mass is 382 g/mol. The molecule has 0 saturated heterocycles. The summed E-state index contributed by atoms with van der Waals surface area (Å²) < 4.78 is 29.2. The number of nitrogens with one attached hydrogen (secondary N) is 1. The van der Waals surface area contributed by atoms with Gasteiger partial charge in [-0.3, -0.25) is 4.79 Å². The molecule has 1 atom stereocenters. The first-order valence-electron chi connectivity index (χ1n) is 9.25. The summed E-state index contributed by atoms with van der Waals surface area (Å²) in [6, 6.07) is 13.1. The highest BCUT2D eigenvalue weighted by Gasteiger charge is 2.23. The Hall–Kier alpha value is -2.95. The van der Waals surface area contributed by atoms with Crippen molar-refractivity contribution < 1.29 is 13.6 Å². The molecule has 0 saturated carbocycles. The number of hydrogen-bond donors (Lipinski definition) is 1. The third-order valence-corrected chi connectivity index (χ3v) is 5.34. The molecule has 3 nitrogen and oxygen atoms in total. The minimum absolute atomic E-state index is 0.162. The van der Waals surface area contributed by atoms with E-state index in [0.29, 0.717) is 11.3 Å². The Kier molecular flexibility index (Phi) is 5.63. The third-order valence-electron chi connectivity index (χ3n) is 5.34. The lowest BCUT2D eigenvalue weighted by atomic mass is 10.1. The van der Waals surface area contributed by atoms with Crippen LogP contribution in [0.15, 0.2) is 48.5 Å². The van der Waals surface area contributed by atoms with E-state index in [4.69, 9.17) is 0 Å². The van der Waals surface area contributed by atoms with Gasteiger partial charge in [0.15, 0.2) is 0 Å². The molecule has 3 aromatic rings. The summed E-state index contributed by atoms with van der Waals surface area (Å²) >= 11 is 0. The van der Waals surface area contributed by atoms with Gasteiger partial charge < -0.3 is 9.88 Å². The van der Waals surface area contributed by atoms with Gasteiger partial charge in [-0.2, -0.15) is 0 Å². The van der Waals surface area contributed by atoms with E-state index in [1.807, 2.05) is 58.0 Å². The largest absolute Gasteiger partial charge is 0.344 e. The van der Waals surface area contributed by atoms with Crippen LogP contribution >= 0.6 is 0 Å². The van der Waals surface area contributed by atoms with Gasteiger partial charge in [0.1, 0.15) is 17.3 Å². The predicted octanol–water partition coefficient (Wildman–Crippen LogP) is 5.23. The molecule has 0 aliphatic rings. The number of nitrogens with zero attached hydrogens (tertiary/aromatic N) is 1. The van der Waals surface area contributed by atoms with E-state index in [1.54, 1.807) is 4.57 Å². The second-order valence-electron chi connectivity index (χ2n) is 7.11. The molecule has 0 unspecified atom stereocenters. The van der Waals surface area contributed by atoms with Crippen molar-refractivity contribution in [3.8, 4) is 0 Å². The molecule has 0 spiro atoms. The van der Waals surface area contributed by atoms with E-state index < -0.39 is 11.6 Å². The number of benzene rings is 2. The molecule has 2 aromatic carbocycles. The molecule has 1 aromatic heterocycles. The third kappa shape index (κ3) is 3.84. The highest BCUT2D eigenvalue weighted by molar-refractivity contribution is 5.95. The van der Waals surface area contributed by atoms with E-state index in [0.717, 1.165) is 28.5 Å². The van der Waals surface area contributed by atoms with Crippen molar-refractivity contribution >= 4 is 5.91 Å². The molecule has 0 bridgehead atoms. The summed E-state index contributed by atoms with van der Waals surface area (Å²) in [5.74, 6) is -1.45. The summed E-state index contributed by atoms with van der Waals surface area (Å²) in [5, 5.41) is 3.03.